The number of aliphatic imine (C=N–C) groups is 1. The van der Waals surface area contributed by atoms with Gasteiger partial charge in [0.15, 0.2) is 10.8 Å². The number of allylic oxidation sites excluding steroid dienone is 2. The number of hydrogen-bond donors (Lipinski definition) is 3. The van der Waals surface area contributed by atoms with Gasteiger partial charge in [-0.3, -0.25) is 0 Å². The van der Waals surface area contributed by atoms with E-state index < -0.39 is 0 Å². The number of rotatable bonds is 4. The summed E-state index contributed by atoms with van der Waals surface area (Å²) in [6, 6.07) is 6.67. The molecule has 2 aromatic rings. The van der Waals surface area contributed by atoms with Crippen LogP contribution in [0.3, 0.4) is 0 Å². The third-order valence-corrected chi connectivity index (χ3v) is 7.84. The molecule has 4 aliphatic rings. The monoisotopic (exact) mass is 421 g/mol. The van der Waals surface area contributed by atoms with Gasteiger partial charge >= 0.3 is 0 Å². The van der Waals surface area contributed by atoms with Crippen LogP contribution in [0.5, 0.6) is 0 Å². The van der Waals surface area contributed by atoms with E-state index in [0.29, 0.717) is 0 Å². The van der Waals surface area contributed by atoms with Crippen molar-refractivity contribution < 1.29 is 5.11 Å². The maximum atomic E-state index is 10.2. The van der Waals surface area contributed by atoms with Gasteiger partial charge in [0.25, 0.3) is 0 Å². The average Bonchev–Trinajstić information content (AvgIpc) is 3.42. The van der Waals surface area contributed by atoms with Gasteiger partial charge in [-0.25, -0.2) is 9.98 Å². The number of aliphatic hydroxyl groups is 1. The Kier molecular flexibility index (Phi) is 4.35. The minimum absolute atomic E-state index is 0.122. The van der Waals surface area contributed by atoms with Crippen molar-refractivity contribution in [1.29, 1.82) is 0 Å². The molecule has 30 heavy (non-hydrogen) atoms. The first kappa shape index (κ1) is 18.4. The molecule has 0 radical (unpaired) electrons. The lowest BCUT2D eigenvalue weighted by Crippen LogP contribution is -2.50. The van der Waals surface area contributed by atoms with E-state index in [4.69, 9.17) is 4.98 Å². The van der Waals surface area contributed by atoms with E-state index in [1.165, 1.54) is 34.5 Å². The lowest BCUT2D eigenvalue weighted by molar-refractivity contribution is 0.116. The fourth-order valence-electron chi connectivity index (χ4n) is 5.25. The molecule has 7 heteroatoms. The van der Waals surface area contributed by atoms with Crippen molar-refractivity contribution in [1.82, 2.24) is 15.2 Å². The number of hydrogen-bond acceptors (Lipinski definition) is 7. The van der Waals surface area contributed by atoms with Crippen molar-refractivity contribution >= 4 is 33.0 Å². The van der Waals surface area contributed by atoms with Crippen LogP contribution >= 0.6 is 11.3 Å². The number of nitrogens with one attached hydrogen (secondary N) is 2. The Morgan fingerprint density at radius 1 is 1.27 bits per heavy atom. The van der Waals surface area contributed by atoms with Crippen LogP contribution in [-0.4, -0.2) is 39.1 Å². The Balaban J connectivity index is 1.20. The highest BCUT2D eigenvalue weighted by Gasteiger charge is 2.48. The van der Waals surface area contributed by atoms with Crippen LogP contribution < -0.4 is 10.6 Å². The van der Waals surface area contributed by atoms with E-state index >= 15 is 0 Å². The smallest absolute Gasteiger partial charge is 0.184 e. The van der Waals surface area contributed by atoms with Crippen LogP contribution in [0.25, 0.3) is 10.2 Å². The first-order valence-corrected chi connectivity index (χ1v) is 11.9. The third-order valence-electron chi connectivity index (χ3n) is 6.89. The van der Waals surface area contributed by atoms with E-state index in [-0.39, 0.29) is 17.8 Å². The summed E-state index contributed by atoms with van der Waals surface area (Å²) in [7, 11) is 0. The number of nitrogens with zero attached hydrogens (tertiary/aromatic N) is 3. The maximum absolute atomic E-state index is 10.2. The first-order valence-electron chi connectivity index (χ1n) is 11.1. The second-order valence-corrected chi connectivity index (χ2v) is 9.87. The molecule has 0 saturated heterocycles. The van der Waals surface area contributed by atoms with Crippen molar-refractivity contribution in [3.05, 3.63) is 47.4 Å². The second kappa shape index (κ2) is 7.10. The molecular weight excluding hydrogens is 394 g/mol. The summed E-state index contributed by atoms with van der Waals surface area (Å²) in [6.45, 7) is 0. The zero-order valence-electron chi connectivity index (χ0n) is 17.0. The molecule has 1 saturated carbocycles. The standard InChI is InChI=1S/C23H27N5OS/c29-19-6-2-1-5-17(19)26-22-27-18-9-8-15(12-20(18)30-22)11-16-13-25-23-10-4-3-7-21(23)24-14-28(16)23/h7-9,12-14,17,19,25,29H,1-6,10-11H2,(H,26,27)/t17-,19-,23?/m1/s1. The number of aromatic nitrogens is 1. The minimum Gasteiger partial charge on any atom is -0.391 e. The molecule has 156 valence electrons. The van der Waals surface area contributed by atoms with Gasteiger partial charge in [-0.05, 0) is 49.8 Å². The first-order chi connectivity index (χ1) is 14.7. The Morgan fingerprint density at radius 2 is 2.20 bits per heavy atom. The van der Waals surface area contributed by atoms with Gasteiger partial charge in [0.05, 0.1) is 34.4 Å². The average molecular weight is 422 g/mol. The summed E-state index contributed by atoms with van der Waals surface area (Å²) in [5.74, 6) is 0. The van der Waals surface area contributed by atoms with E-state index in [2.05, 4.69) is 51.0 Å². The molecule has 1 aromatic heterocycles. The Labute approximate surface area is 180 Å². The van der Waals surface area contributed by atoms with Crippen LogP contribution in [0, 0.1) is 0 Å². The second-order valence-electron chi connectivity index (χ2n) is 8.84. The van der Waals surface area contributed by atoms with Gasteiger partial charge in [-0.15, -0.1) is 0 Å². The molecule has 0 amide bonds. The van der Waals surface area contributed by atoms with Crippen molar-refractivity contribution in [2.24, 2.45) is 4.99 Å². The predicted octanol–water partition coefficient (Wildman–Crippen LogP) is 4.11. The quantitative estimate of drug-likeness (QED) is 0.693. The SMILES string of the molecule is O[C@@H]1CCCC[C@H]1Nc1nc2ccc(CC3=CNC45CCCC=C4N=CN35)cc2s1. The van der Waals surface area contributed by atoms with Gasteiger partial charge < -0.3 is 20.6 Å². The highest BCUT2D eigenvalue weighted by Crippen LogP contribution is 2.42. The summed E-state index contributed by atoms with van der Waals surface area (Å²) < 4.78 is 1.19. The van der Waals surface area contributed by atoms with Crippen LogP contribution in [0.2, 0.25) is 0 Å². The number of thiazole rings is 1. The van der Waals surface area contributed by atoms with Crippen molar-refractivity contribution in [2.45, 2.75) is 69.2 Å². The van der Waals surface area contributed by atoms with Gasteiger partial charge in [-0.1, -0.05) is 36.3 Å². The third kappa shape index (κ3) is 2.94. The predicted molar refractivity (Wildman–Crippen MR) is 121 cm³/mol. The lowest BCUT2D eigenvalue weighted by Gasteiger charge is -2.36. The molecule has 3 N–H and O–H groups in total. The topological polar surface area (TPSA) is 72.8 Å². The van der Waals surface area contributed by atoms with Crippen LogP contribution in [0.4, 0.5) is 5.13 Å². The molecule has 2 aliphatic carbocycles. The molecule has 1 spiro atoms. The fraction of sp³-hybridized carbons (Fsp3) is 0.478. The molecule has 1 unspecified atom stereocenters. The molecule has 6 nitrogen and oxygen atoms in total. The Hall–Kier alpha value is -2.38. The van der Waals surface area contributed by atoms with Crippen molar-refractivity contribution in [3.63, 3.8) is 0 Å². The Bertz CT molecular complexity index is 1070. The highest BCUT2D eigenvalue weighted by atomic mass is 32.1. The lowest BCUT2D eigenvalue weighted by atomic mass is 9.92. The van der Waals surface area contributed by atoms with Crippen LogP contribution in [0.1, 0.15) is 50.5 Å². The van der Waals surface area contributed by atoms with E-state index in [1.807, 2.05) is 6.34 Å². The summed E-state index contributed by atoms with van der Waals surface area (Å²) in [5, 5.41) is 18.3. The van der Waals surface area contributed by atoms with Gasteiger partial charge in [0.2, 0.25) is 0 Å². The van der Waals surface area contributed by atoms with Crippen molar-refractivity contribution in [2.75, 3.05) is 5.32 Å². The largest absolute Gasteiger partial charge is 0.391 e. The zero-order chi connectivity index (χ0) is 20.1. The van der Waals surface area contributed by atoms with Crippen molar-refractivity contribution in [3.8, 4) is 0 Å². The van der Waals surface area contributed by atoms with Gasteiger partial charge in [-0.2, -0.15) is 0 Å². The van der Waals surface area contributed by atoms with Crippen LogP contribution in [0.15, 0.2) is 46.9 Å². The molecular formula is C23H27N5OS. The van der Waals surface area contributed by atoms with E-state index in [9.17, 15) is 5.11 Å². The van der Waals surface area contributed by atoms with Crippen LogP contribution in [-0.2, 0) is 6.42 Å². The normalized spacial score (nSPS) is 30.0. The maximum Gasteiger partial charge on any atom is 0.184 e. The molecule has 3 heterocycles. The number of aliphatic hydroxyl groups excluding tert-OH is 1. The Morgan fingerprint density at radius 3 is 3.13 bits per heavy atom. The molecule has 2 aliphatic heterocycles. The highest BCUT2D eigenvalue weighted by molar-refractivity contribution is 7.22. The molecule has 1 aromatic carbocycles. The van der Waals surface area contributed by atoms with Gasteiger partial charge in [0, 0.05) is 18.3 Å². The molecule has 1 fully saturated rings. The summed E-state index contributed by atoms with van der Waals surface area (Å²) >= 11 is 1.68. The summed E-state index contributed by atoms with van der Waals surface area (Å²) in [6.07, 6.45) is 14.6. The summed E-state index contributed by atoms with van der Waals surface area (Å²) in [4.78, 5) is 11.7. The fourth-order valence-corrected chi connectivity index (χ4v) is 6.24. The zero-order valence-corrected chi connectivity index (χ0v) is 17.8. The number of benzene rings is 1. The minimum atomic E-state index is -0.267. The van der Waals surface area contributed by atoms with E-state index in [1.54, 1.807) is 11.3 Å². The number of fused-ring (bicyclic) bond motifs is 1. The molecule has 6 rings (SSSR count). The van der Waals surface area contributed by atoms with E-state index in [0.717, 1.165) is 49.2 Å². The molecule has 0 bridgehead atoms. The summed E-state index contributed by atoms with van der Waals surface area (Å²) in [5.41, 5.74) is 4.59. The molecule has 3 atom stereocenters. The van der Waals surface area contributed by atoms with Gasteiger partial charge in [0.1, 0.15) is 0 Å². The number of anilines is 1.